The van der Waals surface area contributed by atoms with Gasteiger partial charge in [0.25, 0.3) is 5.91 Å². The Hall–Kier alpha value is -2.47. The quantitative estimate of drug-likeness (QED) is 0.801. The van der Waals surface area contributed by atoms with Gasteiger partial charge in [-0.15, -0.1) is 21.5 Å². The molecule has 0 spiro atoms. The molecule has 3 aromatic rings. The van der Waals surface area contributed by atoms with Crippen LogP contribution in [0.15, 0.2) is 46.5 Å². The first kappa shape index (κ1) is 12.6. The number of amides is 1. The molecule has 0 radical (unpaired) electrons. The molecule has 0 atom stereocenters. The predicted octanol–water partition coefficient (Wildman–Crippen LogP) is 3.36. The third-order valence-corrected chi connectivity index (χ3v) is 3.70. The molecule has 0 aliphatic carbocycles. The molecule has 0 fully saturated rings. The van der Waals surface area contributed by atoms with Gasteiger partial charge in [-0.1, -0.05) is 6.07 Å². The zero-order valence-electron chi connectivity index (χ0n) is 10.7. The summed E-state index contributed by atoms with van der Waals surface area (Å²) in [6, 6.07) is 9.22. The minimum Gasteiger partial charge on any atom is -0.423 e. The molecule has 5 nitrogen and oxygen atoms in total. The Morgan fingerprint density at radius 2 is 2.25 bits per heavy atom. The average Bonchev–Trinajstić information content (AvgIpc) is 3.14. The summed E-state index contributed by atoms with van der Waals surface area (Å²) in [7, 11) is 0. The van der Waals surface area contributed by atoms with E-state index >= 15 is 0 Å². The van der Waals surface area contributed by atoms with Crippen LogP contribution in [-0.2, 0) is 0 Å². The van der Waals surface area contributed by atoms with Crippen LogP contribution in [0.25, 0.3) is 11.5 Å². The van der Waals surface area contributed by atoms with Gasteiger partial charge in [-0.25, -0.2) is 0 Å². The number of carbonyl (C=O) groups is 1. The fraction of sp³-hybridized carbons (Fsp3) is 0.0714. The van der Waals surface area contributed by atoms with Gasteiger partial charge in [0.2, 0.25) is 12.3 Å². The molecule has 1 N–H and O–H groups in total. The zero-order chi connectivity index (χ0) is 13.9. The van der Waals surface area contributed by atoms with Gasteiger partial charge < -0.3 is 9.73 Å². The Labute approximate surface area is 119 Å². The molecule has 0 saturated heterocycles. The van der Waals surface area contributed by atoms with Gasteiger partial charge >= 0.3 is 0 Å². The number of aromatic nitrogens is 2. The molecule has 1 aromatic carbocycles. The van der Waals surface area contributed by atoms with Crippen molar-refractivity contribution in [1.29, 1.82) is 0 Å². The molecule has 100 valence electrons. The van der Waals surface area contributed by atoms with Crippen molar-refractivity contribution in [3.63, 3.8) is 0 Å². The lowest BCUT2D eigenvalue weighted by Crippen LogP contribution is -2.11. The van der Waals surface area contributed by atoms with E-state index in [9.17, 15) is 4.79 Å². The molecule has 0 unspecified atom stereocenters. The Kier molecular flexibility index (Phi) is 3.30. The number of nitrogens with zero attached hydrogens (tertiary/aromatic N) is 2. The smallest absolute Gasteiger partial charge is 0.265 e. The summed E-state index contributed by atoms with van der Waals surface area (Å²) in [6.07, 6.45) is 1.29. The highest BCUT2D eigenvalue weighted by atomic mass is 32.1. The highest BCUT2D eigenvalue weighted by Gasteiger charge is 2.10. The number of hydrogen-bond acceptors (Lipinski definition) is 5. The van der Waals surface area contributed by atoms with E-state index in [0.29, 0.717) is 10.8 Å². The maximum absolute atomic E-state index is 12.0. The van der Waals surface area contributed by atoms with Crippen LogP contribution in [0.5, 0.6) is 0 Å². The predicted molar refractivity (Wildman–Crippen MR) is 76.7 cm³/mol. The molecular weight excluding hydrogens is 274 g/mol. The Morgan fingerprint density at radius 1 is 1.35 bits per heavy atom. The SMILES string of the molecule is Cc1cc(-c2nnco2)ccc1NC(=O)c1cccs1. The van der Waals surface area contributed by atoms with E-state index in [1.54, 1.807) is 6.07 Å². The molecule has 0 saturated carbocycles. The highest BCUT2D eigenvalue weighted by Crippen LogP contribution is 2.24. The third-order valence-electron chi connectivity index (χ3n) is 2.83. The van der Waals surface area contributed by atoms with Gasteiger partial charge in [0.15, 0.2) is 0 Å². The maximum Gasteiger partial charge on any atom is 0.265 e. The molecule has 2 aromatic heterocycles. The molecule has 0 bridgehead atoms. The van der Waals surface area contributed by atoms with E-state index in [1.165, 1.54) is 17.7 Å². The number of carbonyl (C=O) groups excluding carboxylic acids is 1. The van der Waals surface area contributed by atoms with E-state index in [1.807, 2.05) is 36.6 Å². The van der Waals surface area contributed by atoms with Crippen molar-refractivity contribution in [3.8, 4) is 11.5 Å². The summed E-state index contributed by atoms with van der Waals surface area (Å²) in [6.45, 7) is 1.92. The van der Waals surface area contributed by atoms with E-state index in [-0.39, 0.29) is 5.91 Å². The summed E-state index contributed by atoms with van der Waals surface area (Å²) in [5.41, 5.74) is 2.53. The number of aryl methyl sites for hydroxylation is 1. The van der Waals surface area contributed by atoms with Crippen molar-refractivity contribution >= 4 is 22.9 Å². The van der Waals surface area contributed by atoms with E-state index in [4.69, 9.17) is 4.42 Å². The summed E-state index contributed by atoms with van der Waals surface area (Å²) in [5, 5.41) is 12.3. The van der Waals surface area contributed by atoms with Crippen molar-refractivity contribution in [2.75, 3.05) is 5.32 Å². The number of nitrogens with one attached hydrogen (secondary N) is 1. The second-order valence-electron chi connectivity index (χ2n) is 4.21. The fourth-order valence-electron chi connectivity index (χ4n) is 1.83. The number of hydrogen-bond donors (Lipinski definition) is 1. The van der Waals surface area contributed by atoms with Crippen LogP contribution in [0, 0.1) is 6.92 Å². The van der Waals surface area contributed by atoms with Crippen molar-refractivity contribution < 1.29 is 9.21 Å². The summed E-state index contributed by atoms with van der Waals surface area (Å²) < 4.78 is 5.15. The zero-order valence-corrected chi connectivity index (χ0v) is 11.5. The minimum absolute atomic E-state index is 0.103. The normalized spacial score (nSPS) is 10.4. The van der Waals surface area contributed by atoms with E-state index in [2.05, 4.69) is 15.5 Å². The lowest BCUT2D eigenvalue weighted by molar-refractivity contribution is 0.103. The largest absolute Gasteiger partial charge is 0.423 e. The first-order chi connectivity index (χ1) is 9.74. The summed E-state index contributed by atoms with van der Waals surface area (Å²) in [4.78, 5) is 12.7. The topological polar surface area (TPSA) is 68.0 Å². The van der Waals surface area contributed by atoms with Crippen molar-refractivity contribution in [3.05, 3.63) is 52.5 Å². The first-order valence-corrected chi connectivity index (χ1v) is 6.84. The van der Waals surface area contributed by atoms with Gasteiger partial charge in [0.1, 0.15) is 0 Å². The lowest BCUT2D eigenvalue weighted by Gasteiger charge is -2.08. The van der Waals surface area contributed by atoms with Gasteiger partial charge in [-0.3, -0.25) is 4.79 Å². The monoisotopic (exact) mass is 285 g/mol. The number of benzene rings is 1. The van der Waals surface area contributed by atoms with E-state index < -0.39 is 0 Å². The Bertz CT molecular complexity index is 721. The summed E-state index contributed by atoms with van der Waals surface area (Å²) >= 11 is 1.41. The van der Waals surface area contributed by atoms with Crippen molar-refractivity contribution in [2.24, 2.45) is 0 Å². The maximum atomic E-state index is 12.0. The van der Waals surface area contributed by atoms with Gasteiger partial charge in [-0.05, 0) is 42.1 Å². The third kappa shape index (κ3) is 2.46. The van der Waals surface area contributed by atoms with Crippen LogP contribution in [0.3, 0.4) is 0 Å². The van der Waals surface area contributed by atoms with Crippen LogP contribution >= 0.6 is 11.3 Å². The lowest BCUT2D eigenvalue weighted by atomic mass is 10.1. The van der Waals surface area contributed by atoms with E-state index in [0.717, 1.165) is 16.8 Å². The minimum atomic E-state index is -0.103. The molecule has 0 aliphatic rings. The second-order valence-corrected chi connectivity index (χ2v) is 5.15. The van der Waals surface area contributed by atoms with Gasteiger partial charge in [0, 0.05) is 11.3 Å². The molecule has 6 heteroatoms. The Balaban J connectivity index is 1.83. The average molecular weight is 285 g/mol. The highest BCUT2D eigenvalue weighted by molar-refractivity contribution is 7.12. The standard InChI is InChI=1S/C14H11N3O2S/c1-9-7-10(14-17-15-8-19-14)4-5-11(9)16-13(18)12-3-2-6-20-12/h2-8H,1H3,(H,16,18). The molecular formula is C14H11N3O2S. The molecule has 2 heterocycles. The van der Waals surface area contributed by atoms with Crippen LogP contribution in [-0.4, -0.2) is 16.1 Å². The molecule has 3 rings (SSSR count). The Morgan fingerprint density at radius 3 is 2.90 bits per heavy atom. The van der Waals surface area contributed by atoms with Gasteiger partial charge in [-0.2, -0.15) is 0 Å². The van der Waals surface area contributed by atoms with Crippen LogP contribution in [0.4, 0.5) is 5.69 Å². The van der Waals surface area contributed by atoms with Crippen molar-refractivity contribution in [2.45, 2.75) is 6.92 Å². The number of anilines is 1. The molecule has 20 heavy (non-hydrogen) atoms. The van der Waals surface area contributed by atoms with Crippen molar-refractivity contribution in [1.82, 2.24) is 10.2 Å². The second kappa shape index (κ2) is 5.26. The molecule has 1 amide bonds. The molecule has 0 aliphatic heterocycles. The number of thiophene rings is 1. The summed E-state index contributed by atoms with van der Waals surface area (Å²) in [5.74, 6) is 0.359. The van der Waals surface area contributed by atoms with Crippen LogP contribution < -0.4 is 5.32 Å². The van der Waals surface area contributed by atoms with Gasteiger partial charge in [0.05, 0.1) is 4.88 Å². The number of rotatable bonds is 3. The fourth-order valence-corrected chi connectivity index (χ4v) is 2.45. The van der Waals surface area contributed by atoms with Crippen LogP contribution in [0.2, 0.25) is 0 Å². The first-order valence-electron chi connectivity index (χ1n) is 5.96. The van der Waals surface area contributed by atoms with Crippen LogP contribution in [0.1, 0.15) is 15.2 Å².